The number of carbonyl (C=O) groups excluding carboxylic acids is 1. The van der Waals surface area contributed by atoms with Crippen LogP contribution >= 0.6 is 28.3 Å². The average Bonchev–Trinajstić information content (AvgIpc) is 3.10. The molecule has 24 heavy (non-hydrogen) atoms. The Bertz CT molecular complexity index is 575. The minimum absolute atomic E-state index is 0. The summed E-state index contributed by atoms with van der Waals surface area (Å²) >= 11 is 3.75. The quantitative estimate of drug-likeness (QED) is 0.644. The molecule has 3 fully saturated rings. The zero-order valence-corrected chi connectivity index (χ0v) is 15.9. The summed E-state index contributed by atoms with van der Waals surface area (Å²) < 4.78 is 0. The maximum Gasteiger partial charge on any atom is 0.242 e. The van der Waals surface area contributed by atoms with Crippen molar-refractivity contribution in [2.75, 3.05) is 13.1 Å². The van der Waals surface area contributed by atoms with Gasteiger partial charge in [-0.25, -0.2) is 10.9 Å². The van der Waals surface area contributed by atoms with Crippen LogP contribution in [-0.2, 0) is 4.79 Å². The number of carbonyl (C=O) groups is 1. The lowest BCUT2D eigenvalue weighted by Crippen LogP contribution is -2.50. The van der Waals surface area contributed by atoms with E-state index < -0.39 is 0 Å². The molecule has 1 aromatic carbocycles. The molecule has 132 valence electrons. The highest BCUT2D eigenvalue weighted by Crippen LogP contribution is 2.30. The van der Waals surface area contributed by atoms with Crippen LogP contribution in [0.15, 0.2) is 30.3 Å². The number of halogens is 2. The van der Waals surface area contributed by atoms with Crippen LogP contribution in [0, 0.1) is 0 Å². The summed E-state index contributed by atoms with van der Waals surface area (Å²) in [4.78, 5) is 15.1. The van der Waals surface area contributed by atoms with Gasteiger partial charge >= 0.3 is 0 Å². The van der Waals surface area contributed by atoms with Gasteiger partial charge in [0.15, 0.2) is 0 Å². The molecule has 1 aromatic rings. The lowest BCUT2D eigenvalue weighted by molar-refractivity contribution is -0.133. The van der Waals surface area contributed by atoms with E-state index in [-0.39, 0.29) is 35.2 Å². The number of rotatable bonds is 2. The third-order valence-corrected chi connectivity index (χ3v) is 6.35. The molecule has 3 aliphatic rings. The van der Waals surface area contributed by atoms with E-state index >= 15 is 0 Å². The van der Waals surface area contributed by atoms with Crippen molar-refractivity contribution in [3.63, 3.8) is 0 Å². The molecular formula is C17H24BrClN4O. The second-order valence-electron chi connectivity index (χ2n) is 6.81. The summed E-state index contributed by atoms with van der Waals surface area (Å²) in [7, 11) is 0. The van der Waals surface area contributed by atoms with Crippen molar-refractivity contribution in [3.05, 3.63) is 35.9 Å². The van der Waals surface area contributed by atoms with Crippen molar-refractivity contribution in [3.8, 4) is 0 Å². The summed E-state index contributed by atoms with van der Waals surface area (Å²) in [5.74, 6) is 0.201. The molecule has 7 heteroatoms. The largest absolute Gasteiger partial charge is 0.340 e. The maximum absolute atomic E-state index is 13.0. The van der Waals surface area contributed by atoms with Crippen LogP contribution in [0.1, 0.15) is 30.9 Å². The monoisotopic (exact) mass is 414 g/mol. The molecule has 2 bridgehead atoms. The molecule has 4 rings (SSSR count). The van der Waals surface area contributed by atoms with Gasteiger partial charge < -0.3 is 10.2 Å². The number of likely N-dealkylation sites (tertiary alicyclic amines) is 1. The SMILES string of the molecule is Cl.O=C(C1NNC(c2ccccc2)C1Br)N1CCC2CCC(C1)N2. The minimum atomic E-state index is -0.225. The number of nitrogens with zero attached hydrogens (tertiary/aromatic N) is 1. The van der Waals surface area contributed by atoms with Crippen LogP contribution in [0.5, 0.6) is 0 Å². The smallest absolute Gasteiger partial charge is 0.242 e. The summed E-state index contributed by atoms with van der Waals surface area (Å²) in [6.07, 6.45) is 3.51. The molecule has 5 nitrogen and oxygen atoms in total. The van der Waals surface area contributed by atoms with E-state index in [2.05, 4.69) is 44.2 Å². The normalized spacial score (nSPS) is 35.4. The second kappa shape index (κ2) is 7.70. The van der Waals surface area contributed by atoms with E-state index in [1.165, 1.54) is 18.4 Å². The molecule has 0 spiro atoms. The fraction of sp³-hybridized carbons (Fsp3) is 0.588. The summed E-state index contributed by atoms with van der Waals surface area (Å²) in [6.45, 7) is 1.70. The fourth-order valence-electron chi connectivity index (χ4n) is 4.00. The van der Waals surface area contributed by atoms with Crippen LogP contribution in [-0.4, -0.2) is 46.8 Å². The van der Waals surface area contributed by atoms with Gasteiger partial charge in [0.05, 0.1) is 10.9 Å². The number of hydrazine groups is 1. The van der Waals surface area contributed by atoms with Crippen LogP contribution < -0.4 is 16.2 Å². The third-order valence-electron chi connectivity index (χ3n) is 5.29. The van der Waals surface area contributed by atoms with Crippen LogP contribution in [0.4, 0.5) is 0 Å². The van der Waals surface area contributed by atoms with E-state index in [4.69, 9.17) is 0 Å². The zero-order chi connectivity index (χ0) is 15.8. The lowest BCUT2D eigenvalue weighted by Gasteiger charge is -2.28. The van der Waals surface area contributed by atoms with E-state index in [0.29, 0.717) is 12.1 Å². The van der Waals surface area contributed by atoms with Gasteiger partial charge in [0, 0.05) is 25.2 Å². The van der Waals surface area contributed by atoms with Crippen molar-refractivity contribution in [1.82, 2.24) is 21.1 Å². The standard InChI is InChI=1S/C17H23BrN4O.ClH/c18-14-15(11-4-2-1-3-5-11)20-21-16(14)17(23)22-9-8-12-6-7-13(10-22)19-12;/h1-5,12-16,19-21H,6-10H2;1H. The number of hydrogen-bond acceptors (Lipinski definition) is 4. The van der Waals surface area contributed by atoms with E-state index in [9.17, 15) is 4.79 Å². The first-order chi connectivity index (χ1) is 11.2. The predicted octanol–water partition coefficient (Wildman–Crippen LogP) is 1.74. The Morgan fingerprint density at radius 3 is 2.62 bits per heavy atom. The highest BCUT2D eigenvalue weighted by Gasteiger charge is 2.42. The molecule has 3 saturated heterocycles. The molecule has 5 unspecified atom stereocenters. The lowest BCUT2D eigenvalue weighted by atomic mass is 10.0. The first-order valence-electron chi connectivity index (χ1n) is 8.47. The van der Waals surface area contributed by atoms with Gasteiger partial charge in [-0.2, -0.15) is 0 Å². The van der Waals surface area contributed by atoms with Crippen LogP contribution in [0.25, 0.3) is 0 Å². The minimum Gasteiger partial charge on any atom is -0.340 e. The van der Waals surface area contributed by atoms with Crippen LogP contribution in [0.2, 0.25) is 0 Å². The third kappa shape index (κ3) is 3.48. The molecule has 1 amide bonds. The van der Waals surface area contributed by atoms with Gasteiger partial charge in [0.2, 0.25) is 5.91 Å². The van der Waals surface area contributed by atoms with Crippen molar-refractivity contribution in [2.24, 2.45) is 0 Å². The Hall–Kier alpha value is -0.660. The predicted molar refractivity (Wildman–Crippen MR) is 100 cm³/mol. The molecule has 3 aliphatic heterocycles. The number of fused-ring (bicyclic) bond motifs is 2. The second-order valence-corrected chi connectivity index (χ2v) is 7.87. The number of hydrogen-bond donors (Lipinski definition) is 3. The summed E-state index contributed by atoms with van der Waals surface area (Å²) in [5, 5.41) is 3.63. The molecule has 0 saturated carbocycles. The summed E-state index contributed by atoms with van der Waals surface area (Å²) in [5.41, 5.74) is 7.68. The molecule has 0 aromatic heterocycles. The highest BCUT2D eigenvalue weighted by molar-refractivity contribution is 9.09. The zero-order valence-electron chi connectivity index (χ0n) is 13.5. The van der Waals surface area contributed by atoms with Crippen molar-refractivity contribution < 1.29 is 4.79 Å². The summed E-state index contributed by atoms with van der Waals surface area (Å²) in [6, 6.07) is 11.2. The van der Waals surface area contributed by atoms with Crippen molar-refractivity contribution in [2.45, 2.75) is 48.3 Å². The van der Waals surface area contributed by atoms with Gasteiger partial charge in [0.25, 0.3) is 0 Å². The van der Waals surface area contributed by atoms with Gasteiger partial charge in [-0.15, -0.1) is 12.4 Å². The van der Waals surface area contributed by atoms with Gasteiger partial charge in [-0.1, -0.05) is 46.3 Å². The average molecular weight is 416 g/mol. The molecule has 0 radical (unpaired) electrons. The Balaban J connectivity index is 0.00000169. The molecule has 5 atom stereocenters. The first-order valence-corrected chi connectivity index (χ1v) is 9.39. The Morgan fingerprint density at radius 2 is 1.83 bits per heavy atom. The van der Waals surface area contributed by atoms with Gasteiger partial charge in [-0.3, -0.25) is 4.79 Å². The molecule has 3 heterocycles. The van der Waals surface area contributed by atoms with Gasteiger partial charge in [0.1, 0.15) is 6.04 Å². The molecule has 3 N–H and O–H groups in total. The van der Waals surface area contributed by atoms with Gasteiger partial charge in [-0.05, 0) is 24.8 Å². The van der Waals surface area contributed by atoms with E-state index in [0.717, 1.165) is 19.5 Å². The Kier molecular flexibility index (Phi) is 5.82. The number of amides is 1. The van der Waals surface area contributed by atoms with E-state index in [1.807, 2.05) is 23.1 Å². The topological polar surface area (TPSA) is 56.4 Å². The first kappa shape index (κ1) is 18.1. The highest BCUT2D eigenvalue weighted by atomic mass is 79.9. The Morgan fingerprint density at radius 1 is 1.08 bits per heavy atom. The maximum atomic E-state index is 13.0. The number of benzene rings is 1. The number of nitrogens with one attached hydrogen (secondary N) is 3. The van der Waals surface area contributed by atoms with Crippen molar-refractivity contribution in [1.29, 1.82) is 0 Å². The number of alkyl halides is 1. The molecular weight excluding hydrogens is 392 g/mol. The van der Waals surface area contributed by atoms with Crippen molar-refractivity contribution >= 4 is 34.2 Å². The Labute approximate surface area is 157 Å². The fourth-order valence-corrected chi connectivity index (χ4v) is 4.79. The van der Waals surface area contributed by atoms with E-state index in [1.54, 1.807) is 0 Å². The molecule has 0 aliphatic carbocycles. The van der Waals surface area contributed by atoms with Crippen LogP contribution in [0.3, 0.4) is 0 Å².